The van der Waals surface area contributed by atoms with Gasteiger partial charge in [-0.2, -0.15) is 0 Å². The van der Waals surface area contributed by atoms with Crippen molar-refractivity contribution in [1.82, 2.24) is 9.88 Å². The van der Waals surface area contributed by atoms with E-state index in [-0.39, 0.29) is 17.2 Å². The number of carboxylic acids is 1. The van der Waals surface area contributed by atoms with Crippen molar-refractivity contribution in [3.05, 3.63) is 53.2 Å². The molecule has 0 saturated carbocycles. The van der Waals surface area contributed by atoms with Gasteiger partial charge in [0.2, 0.25) is 5.76 Å². The average Bonchev–Trinajstić information content (AvgIpc) is 2.84. The molecule has 1 amide bonds. The number of aromatic carboxylic acids is 1. The third-order valence-electron chi connectivity index (χ3n) is 2.91. The van der Waals surface area contributed by atoms with Gasteiger partial charge in [-0.1, -0.05) is 12.1 Å². The predicted molar refractivity (Wildman–Crippen MR) is 70.4 cm³/mol. The van der Waals surface area contributed by atoms with Crippen LogP contribution in [0.1, 0.15) is 32.2 Å². The van der Waals surface area contributed by atoms with E-state index in [1.54, 1.807) is 26.1 Å². The van der Waals surface area contributed by atoms with Crippen molar-refractivity contribution in [1.29, 1.82) is 0 Å². The number of hydrogen-bond acceptors (Lipinski definition) is 4. The van der Waals surface area contributed by atoms with Crippen molar-refractivity contribution in [2.75, 3.05) is 7.05 Å². The van der Waals surface area contributed by atoms with Crippen LogP contribution < -0.4 is 0 Å². The first-order valence-electron chi connectivity index (χ1n) is 5.97. The minimum absolute atomic E-state index is 0.216. The Balaban J connectivity index is 2.08. The van der Waals surface area contributed by atoms with E-state index in [9.17, 15) is 9.59 Å². The van der Waals surface area contributed by atoms with Crippen molar-refractivity contribution in [2.24, 2.45) is 0 Å². The molecule has 0 unspecified atom stereocenters. The fraction of sp³-hybridized carbons (Fsp3) is 0.214. The first-order valence-corrected chi connectivity index (χ1v) is 5.97. The van der Waals surface area contributed by atoms with Crippen LogP contribution >= 0.6 is 0 Å². The summed E-state index contributed by atoms with van der Waals surface area (Å²) in [6.45, 7) is 2.06. The van der Waals surface area contributed by atoms with Gasteiger partial charge in [0, 0.05) is 13.6 Å². The van der Waals surface area contributed by atoms with Crippen LogP contribution in [0.3, 0.4) is 0 Å². The molecule has 1 aromatic heterocycles. The summed E-state index contributed by atoms with van der Waals surface area (Å²) in [5.74, 6) is -1.02. The zero-order valence-electron chi connectivity index (χ0n) is 11.2. The Morgan fingerprint density at radius 3 is 2.45 bits per heavy atom. The van der Waals surface area contributed by atoms with Crippen molar-refractivity contribution in [2.45, 2.75) is 13.5 Å². The monoisotopic (exact) mass is 274 g/mol. The quantitative estimate of drug-likeness (QED) is 0.921. The highest BCUT2D eigenvalue weighted by Gasteiger charge is 2.18. The van der Waals surface area contributed by atoms with E-state index in [0.29, 0.717) is 12.2 Å². The van der Waals surface area contributed by atoms with E-state index in [0.717, 1.165) is 5.56 Å². The molecule has 0 fully saturated rings. The van der Waals surface area contributed by atoms with E-state index in [1.807, 2.05) is 0 Å². The molecular formula is C14H14N2O4. The lowest BCUT2D eigenvalue weighted by molar-refractivity contribution is 0.0695. The van der Waals surface area contributed by atoms with Gasteiger partial charge < -0.3 is 14.4 Å². The van der Waals surface area contributed by atoms with E-state index in [2.05, 4.69) is 4.98 Å². The second kappa shape index (κ2) is 5.56. The lowest BCUT2D eigenvalue weighted by atomic mass is 10.1. The lowest BCUT2D eigenvalue weighted by Crippen LogP contribution is -2.26. The number of rotatable bonds is 4. The number of amides is 1. The molecule has 0 aliphatic carbocycles. The molecule has 0 saturated heterocycles. The Morgan fingerprint density at radius 2 is 1.95 bits per heavy atom. The highest BCUT2D eigenvalue weighted by atomic mass is 16.4. The van der Waals surface area contributed by atoms with Gasteiger partial charge in [-0.3, -0.25) is 4.79 Å². The van der Waals surface area contributed by atoms with Gasteiger partial charge in [0.25, 0.3) is 5.91 Å². The molecule has 1 heterocycles. The van der Waals surface area contributed by atoms with Crippen LogP contribution in [0.5, 0.6) is 0 Å². The normalized spacial score (nSPS) is 10.3. The first kappa shape index (κ1) is 13.8. The van der Waals surface area contributed by atoms with Crippen molar-refractivity contribution >= 4 is 11.9 Å². The molecule has 0 bridgehead atoms. The maximum Gasteiger partial charge on any atom is 0.335 e. The van der Waals surface area contributed by atoms with Crippen LogP contribution in [0, 0.1) is 6.92 Å². The Labute approximate surface area is 115 Å². The Morgan fingerprint density at radius 1 is 1.30 bits per heavy atom. The molecule has 6 nitrogen and oxygen atoms in total. The van der Waals surface area contributed by atoms with Gasteiger partial charge >= 0.3 is 5.97 Å². The molecule has 0 spiro atoms. The second-order valence-corrected chi connectivity index (χ2v) is 4.43. The molecule has 104 valence electrons. The van der Waals surface area contributed by atoms with Crippen LogP contribution in [0.15, 0.2) is 35.1 Å². The van der Waals surface area contributed by atoms with Gasteiger partial charge in [-0.25, -0.2) is 9.78 Å². The van der Waals surface area contributed by atoms with Gasteiger partial charge in [0.15, 0.2) is 6.39 Å². The summed E-state index contributed by atoms with van der Waals surface area (Å²) in [6, 6.07) is 6.38. The molecule has 2 rings (SSSR count). The lowest BCUT2D eigenvalue weighted by Gasteiger charge is -2.16. The number of benzene rings is 1. The molecule has 1 N–H and O–H groups in total. The summed E-state index contributed by atoms with van der Waals surface area (Å²) in [7, 11) is 1.65. The van der Waals surface area contributed by atoms with E-state index in [1.165, 1.54) is 23.4 Å². The molecule has 0 aliphatic heterocycles. The zero-order valence-corrected chi connectivity index (χ0v) is 11.2. The van der Waals surface area contributed by atoms with Gasteiger partial charge in [0.05, 0.1) is 11.3 Å². The summed E-state index contributed by atoms with van der Waals surface area (Å²) in [4.78, 5) is 28.2. The number of hydrogen-bond donors (Lipinski definition) is 1. The second-order valence-electron chi connectivity index (χ2n) is 4.43. The van der Waals surface area contributed by atoms with E-state index in [4.69, 9.17) is 9.52 Å². The number of carbonyl (C=O) groups is 2. The van der Waals surface area contributed by atoms with E-state index >= 15 is 0 Å². The number of oxazole rings is 1. The SMILES string of the molecule is Cc1ncoc1C(=O)N(C)Cc1ccc(C(=O)O)cc1. The summed E-state index contributed by atoms with van der Waals surface area (Å²) < 4.78 is 5.06. The van der Waals surface area contributed by atoms with Crippen LogP contribution in [0.4, 0.5) is 0 Å². The summed E-state index contributed by atoms with van der Waals surface area (Å²) >= 11 is 0. The largest absolute Gasteiger partial charge is 0.478 e. The van der Waals surface area contributed by atoms with Crippen LogP contribution in [-0.4, -0.2) is 33.9 Å². The molecule has 0 aliphatic rings. The number of aryl methyl sites for hydroxylation is 1. The third-order valence-corrected chi connectivity index (χ3v) is 2.91. The number of carboxylic acid groups (broad SMARTS) is 1. The van der Waals surface area contributed by atoms with Crippen molar-refractivity contribution in [3.8, 4) is 0 Å². The molecule has 6 heteroatoms. The number of aromatic nitrogens is 1. The number of nitrogens with zero attached hydrogens (tertiary/aromatic N) is 2. The fourth-order valence-corrected chi connectivity index (χ4v) is 1.78. The maximum atomic E-state index is 12.1. The summed E-state index contributed by atoms with van der Waals surface area (Å²) in [5, 5.41) is 8.82. The first-order chi connectivity index (χ1) is 9.49. The fourth-order valence-electron chi connectivity index (χ4n) is 1.78. The van der Waals surface area contributed by atoms with Crippen molar-refractivity contribution < 1.29 is 19.1 Å². The maximum absolute atomic E-state index is 12.1. The zero-order chi connectivity index (χ0) is 14.7. The molecule has 0 atom stereocenters. The van der Waals surface area contributed by atoms with Gasteiger partial charge in [0.1, 0.15) is 0 Å². The van der Waals surface area contributed by atoms with E-state index < -0.39 is 5.97 Å². The Kier molecular flexibility index (Phi) is 3.84. The molecular weight excluding hydrogens is 260 g/mol. The smallest absolute Gasteiger partial charge is 0.335 e. The summed E-state index contributed by atoms with van der Waals surface area (Å²) in [6.07, 6.45) is 1.23. The van der Waals surface area contributed by atoms with Crippen molar-refractivity contribution in [3.63, 3.8) is 0 Å². The minimum Gasteiger partial charge on any atom is -0.478 e. The Hall–Kier alpha value is -2.63. The molecule has 20 heavy (non-hydrogen) atoms. The number of carbonyl (C=O) groups excluding carboxylic acids is 1. The summed E-state index contributed by atoms with van der Waals surface area (Å²) in [5.41, 5.74) is 1.60. The van der Waals surface area contributed by atoms with Crippen LogP contribution in [0.2, 0.25) is 0 Å². The average molecular weight is 274 g/mol. The predicted octanol–water partition coefficient (Wildman–Crippen LogP) is 1.95. The van der Waals surface area contributed by atoms with Gasteiger partial charge in [-0.15, -0.1) is 0 Å². The topological polar surface area (TPSA) is 83.6 Å². The molecule has 2 aromatic rings. The molecule has 1 aromatic carbocycles. The highest BCUT2D eigenvalue weighted by Crippen LogP contribution is 2.12. The standard InChI is InChI=1S/C14H14N2O4/c1-9-12(20-8-15-9)13(17)16(2)7-10-3-5-11(6-4-10)14(18)19/h3-6,8H,7H2,1-2H3,(H,18,19). The molecule has 0 radical (unpaired) electrons. The van der Waals surface area contributed by atoms with Crippen LogP contribution in [0.25, 0.3) is 0 Å². The minimum atomic E-state index is -0.974. The van der Waals surface area contributed by atoms with Gasteiger partial charge in [-0.05, 0) is 24.6 Å². The third kappa shape index (κ3) is 2.85. The Bertz CT molecular complexity index is 631. The highest BCUT2D eigenvalue weighted by molar-refractivity contribution is 5.92. The van der Waals surface area contributed by atoms with Crippen LogP contribution in [-0.2, 0) is 6.54 Å².